The van der Waals surface area contributed by atoms with Crippen molar-refractivity contribution in [2.45, 2.75) is 19.9 Å². The molecule has 0 saturated carbocycles. The monoisotopic (exact) mass is 554 g/mol. The normalized spacial score (nSPS) is 14.9. The minimum atomic E-state index is -0.907. The van der Waals surface area contributed by atoms with Crippen molar-refractivity contribution in [3.05, 3.63) is 82.5 Å². The smallest absolute Gasteiger partial charge is 0.338 e. The summed E-state index contributed by atoms with van der Waals surface area (Å²) in [4.78, 5) is 42.2. The Morgan fingerprint density at radius 3 is 2.44 bits per heavy atom. The van der Waals surface area contributed by atoms with Gasteiger partial charge in [-0.1, -0.05) is 17.4 Å². The zero-order valence-corrected chi connectivity index (χ0v) is 22.5. The fourth-order valence-corrected chi connectivity index (χ4v) is 5.31. The van der Waals surface area contributed by atoms with Gasteiger partial charge in [-0.2, -0.15) is 0 Å². The van der Waals surface area contributed by atoms with Crippen LogP contribution in [-0.2, 0) is 9.53 Å². The van der Waals surface area contributed by atoms with Crippen LogP contribution in [0.1, 0.15) is 31.0 Å². The van der Waals surface area contributed by atoms with E-state index in [9.17, 15) is 24.8 Å². The van der Waals surface area contributed by atoms with Crippen molar-refractivity contribution in [1.29, 1.82) is 0 Å². The molecule has 1 aliphatic rings. The van der Waals surface area contributed by atoms with Gasteiger partial charge in [0, 0.05) is 11.8 Å². The maximum Gasteiger partial charge on any atom is 0.338 e. The summed E-state index contributed by atoms with van der Waals surface area (Å²) < 4.78 is 22.6. The Bertz CT molecular complexity index is 1690. The molecule has 204 valence electrons. The van der Waals surface area contributed by atoms with Gasteiger partial charge in [-0.3, -0.25) is 19.5 Å². The van der Waals surface area contributed by atoms with Crippen LogP contribution in [0.4, 0.5) is 5.69 Å². The third kappa shape index (κ3) is 4.95. The van der Waals surface area contributed by atoms with E-state index >= 15 is 0 Å². The highest BCUT2D eigenvalue weighted by Gasteiger charge is 2.34. The van der Waals surface area contributed by atoms with Crippen molar-refractivity contribution >= 4 is 29.1 Å². The van der Waals surface area contributed by atoms with Crippen LogP contribution in [0.15, 0.2) is 51.4 Å². The van der Waals surface area contributed by atoms with Crippen LogP contribution < -0.4 is 34.2 Å². The van der Waals surface area contributed by atoms with Crippen molar-refractivity contribution in [3.8, 4) is 23.0 Å². The molecule has 0 bridgehead atoms. The highest BCUT2D eigenvalue weighted by atomic mass is 32.1. The molecule has 0 saturated heterocycles. The van der Waals surface area contributed by atoms with Crippen LogP contribution in [-0.4, -0.2) is 43.4 Å². The number of benzene rings is 2. The first-order chi connectivity index (χ1) is 18.6. The first-order valence-corrected chi connectivity index (χ1v) is 12.4. The summed E-state index contributed by atoms with van der Waals surface area (Å²) in [5.41, 5.74) is 0.126. The molecule has 4 rings (SSSR count). The van der Waals surface area contributed by atoms with Gasteiger partial charge in [0.25, 0.3) is 11.2 Å². The van der Waals surface area contributed by atoms with E-state index in [1.165, 1.54) is 38.0 Å². The predicted octanol–water partition coefficient (Wildman–Crippen LogP) is 1.81. The summed E-state index contributed by atoms with van der Waals surface area (Å²) in [5.74, 6) is -0.869. The van der Waals surface area contributed by atoms with Crippen molar-refractivity contribution in [1.82, 2.24) is 4.57 Å². The van der Waals surface area contributed by atoms with Crippen LogP contribution in [0.2, 0.25) is 0 Å². The molecular formula is C26H24N3O9S-. The van der Waals surface area contributed by atoms with Gasteiger partial charge in [0.1, 0.15) is 5.75 Å². The summed E-state index contributed by atoms with van der Waals surface area (Å²) in [6.45, 7) is 3.45. The van der Waals surface area contributed by atoms with E-state index in [1.54, 1.807) is 32.0 Å². The highest BCUT2D eigenvalue weighted by Crippen LogP contribution is 2.37. The number of esters is 1. The fourth-order valence-electron chi connectivity index (χ4n) is 4.26. The zero-order valence-electron chi connectivity index (χ0n) is 21.7. The maximum absolute atomic E-state index is 13.8. The quantitative estimate of drug-likeness (QED) is 0.230. The topological polar surface area (TPSA) is 155 Å². The Balaban J connectivity index is 1.99. The molecule has 12 nitrogen and oxygen atoms in total. The minimum absolute atomic E-state index is 0.120. The number of fused-ring (bicyclic) bond motifs is 1. The number of ether oxygens (including phenoxy) is 4. The van der Waals surface area contributed by atoms with Gasteiger partial charge in [-0.15, -0.1) is 0 Å². The first-order valence-electron chi connectivity index (χ1n) is 11.6. The molecule has 0 spiro atoms. The molecule has 1 atom stereocenters. The molecule has 0 aliphatic carbocycles. The second kappa shape index (κ2) is 11.0. The van der Waals surface area contributed by atoms with E-state index in [4.69, 9.17) is 18.9 Å². The van der Waals surface area contributed by atoms with Gasteiger partial charge in [0.15, 0.2) is 16.3 Å². The van der Waals surface area contributed by atoms with Crippen LogP contribution in [0.5, 0.6) is 23.0 Å². The SMILES string of the molecule is CCOC(=O)C1=C(C)N=c2s/c(=C\c3cc(OC)c([O-])c([N+](=O)[O-])c3)c(=O)n2[C@H]1c1ccc(OC)c(OC)c1. The Kier molecular flexibility index (Phi) is 7.72. The molecule has 0 amide bonds. The molecule has 2 aromatic carbocycles. The predicted molar refractivity (Wildman–Crippen MR) is 139 cm³/mol. The zero-order chi connectivity index (χ0) is 28.4. The summed E-state index contributed by atoms with van der Waals surface area (Å²) in [6.07, 6.45) is 1.41. The molecule has 0 unspecified atom stereocenters. The van der Waals surface area contributed by atoms with Crippen molar-refractivity contribution < 1.29 is 33.8 Å². The number of nitrogens with zero attached hydrogens (tertiary/aromatic N) is 3. The number of thiazole rings is 1. The van der Waals surface area contributed by atoms with Crippen molar-refractivity contribution in [2.24, 2.45) is 4.99 Å². The van der Waals surface area contributed by atoms with E-state index in [1.807, 2.05) is 0 Å². The van der Waals surface area contributed by atoms with Crippen molar-refractivity contribution in [2.75, 3.05) is 27.9 Å². The first kappa shape index (κ1) is 27.4. The van der Waals surface area contributed by atoms with E-state index in [-0.39, 0.29) is 28.0 Å². The van der Waals surface area contributed by atoms with Gasteiger partial charge in [0.2, 0.25) is 0 Å². The number of rotatable bonds is 8. The number of carbonyl (C=O) groups excluding carboxylic acids is 1. The average molecular weight is 555 g/mol. The number of aromatic nitrogens is 1. The Labute approximate surface area is 225 Å². The summed E-state index contributed by atoms with van der Waals surface area (Å²) >= 11 is 1.03. The molecule has 39 heavy (non-hydrogen) atoms. The van der Waals surface area contributed by atoms with Crippen LogP contribution in [0.3, 0.4) is 0 Å². The van der Waals surface area contributed by atoms with Crippen LogP contribution in [0.25, 0.3) is 6.08 Å². The number of hydrogen-bond donors (Lipinski definition) is 0. The van der Waals surface area contributed by atoms with E-state index in [0.717, 1.165) is 17.4 Å². The standard InChI is InChI=1S/C26H25N3O9S/c1-6-38-25(32)21-13(2)27-26-28(22(21)15-7-8-17(35-3)18(12-15)36-4)24(31)20(39-26)11-14-9-16(29(33)34)23(30)19(10-14)37-5/h7-12,22,30H,6H2,1-5H3/p-1/b20-11-/t22-/m0/s1. The lowest BCUT2D eigenvalue weighted by atomic mass is 9.95. The molecule has 1 aromatic heterocycles. The Hall–Kier alpha value is -4.65. The number of hydrogen-bond acceptors (Lipinski definition) is 11. The third-order valence-corrected chi connectivity index (χ3v) is 7.00. The number of methoxy groups -OCH3 is 3. The number of nitro benzene ring substituents is 1. The maximum atomic E-state index is 13.8. The number of allylic oxidation sites excluding steroid dienone is 1. The third-order valence-electron chi connectivity index (χ3n) is 6.01. The Morgan fingerprint density at radius 2 is 1.82 bits per heavy atom. The molecule has 0 N–H and O–H groups in total. The summed E-state index contributed by atoms with van der Waals surface area (Å²) in [7, 11) is 4.19. The summed E-state index contributed by atoms with van der Waals surface area (Å²) in [5, 5.41) is 23.6. The largest absolute Gasteiger partial charge is 0.865 e. The molecular weight excluding hydrogens is 530 g/mol. The van der Waals surface area contributed by atoms with Crippen molar-refractivity contribution in [3.63, 3.8) is 0 Å². The number of carbonyl (C=O) groups is 1. The molecule has 13 heteroatoms. The van der Waals surface area contributed by atoms with Gasteiger partial charge in [0.05, 0.1) is 54.7 Å². The van der Waals surface area contributed by atoms with E-state index in [0.29, 0.717) is 27.6 Å². The lowest BCUT2D eigenvalue weighted by Gasteiger charge is -2.25. The molecule has 2 heterocycles. The molecule has 1 aliphatic heterocycles. The van der Waals surface area contributed by atoms with Crippen LogP contribution >= 0.6 is 11.3 Å². The van der Waals surface area contributed by atoms with E-state index < -0.39 is 33.9 Å². The Morgan fingerprint density at radius 1 is 1.13 bits per heavy atom. The minimum Gasteiger partial charge on any atom is -0.865 e. The lowest BCUT2D eigenvalue weighted by Crippen LogP contribution is -2.40. The molecule has 0 radical (unpaired) electrons. The van der Waals surface area contributed by atoms with Crippen LogP contribution in [0, 0.1) is 10.1 Å². The van der Waals surface area contributed by atoms with Gasteiger partial charge < -0.3 is 24.1 Å². The van der Waals surface area contributed by atoms with E-state index in [2.05, 4.69) is 4.99 Å². The molecule has 3 aromatic rings. The molecule has 0 fully saturated rings. The fraction of sp³-hybridized carbons (Fsp3) is 0.269. The van der Waals surface area contributed by atoms with Gasteiger partial charge in [-0.05, 0) is 49.2 Å². The lowest BCUT2D eigenvalue weighted by molar-refractivity contribution is -0.398. The second-order valence-electron chi connectivity index (χ2n) is 8.25. The van der Waals surface area contributed by atoms with Gasteiger partial charge in [-0.25, -0.2) is 9.79 Å². The second-order valence-corrected chi connectivity index (χ2v) is 9.25. The van der Waals surface area contributed by atoms with Gasteiger partial charge >= 0.3 is 5.97 Å². The summed E-state index contributed by atoms with van der Waals surface area (Å²) in [6, 6.07) is 6.52. The highest BCUT2D eigenvalue weighted by molar-refractivity contribution is 7.07. The number of nitro groups is 1. The average Bonchev–Trinajstić information content (AvgIpc) is 3.22.